The monoisotopic (exact) mass is 304 g/mol. The molecule has 0 atom stereocenters. The average Bonchev–Trinajstić information content (AvgIpc) is 2.37. The maximum Gasteiger partial charge on any atom is 1.00 e. The van der Waals surface area contributed by atoms with Crippen molar-refractivity contribution in [3.63, 3.8) is 0 Å². The average molecular weight is 304 g/mol. The summed E-state index contributed by atoms with van der Waals surface area (Å²) >= 11 is 0. The Morgan fingerprint density at radius 3 is 2.25 bits per heavy atom. The molecule has 0 amide bonds. The molecule has 0 radical (unpaired) electrons. The van der Waals surface area contributed by atoms with Crippen LogP contribution in [-0.2, 0) is 6.61 Å². The number of halogens is 3. The van der Waals surface area contributed by atoms with Crippen molar-refractivity contribution < 1.29 is 69.1 Å². The first kappa shape index (κ1) is 17.8. The van der Waals surface area contributed by atoms with Gasteiger partial charge in [0.2, 0.25) is 0 Å². The molecule has 2 aromatic rings. The Bertz CT molecular complexity index is 558. The summed E-state index contributed by atoms with van der Waals surface area (Å²) in [5.41, 5.74) is 0.737. The molecule has 2 aromatic carbocycles. The number of hydrogen-bond donors (Lipinski definition) is 0. The fraction of sp³-hybridized carbons (Fsp3) is 0.143. The molecule has 0 bridgehead atoms. The van der Waals surface area contributed by atoms with E-state index >= 15 is 0 Å². The summed E-state index contributed by atoms with van der Waals surface area (Å²) in [6.45, 7) is -3.31. The molecule has 1 nitrogen and oxygen atoms in total. The Kier molecular flexibility index (Phi) is 6.81. The van der Waals surface area contributed by atoms with E-state index in [1.165, 1.54) is 6.07 Å². The molecule has 20 heavy (non-hydrogen) atoms. The van der Waals surface area contributed by atoms with Crippen molar-refractivity contribution in [1.29, 1.82) is 0 Å². The molecule has 0 aromatic heterocycles. The van der Waals surface area contributed by atoms with E-state index in [0.717, 1.165) is 11.6 Å². The molecule has 0 aliphatic rings. The van der Waals surface area contributed by atoms with Crippen molar-refractivity contribution in [2.45, 2.75) is 13.5 Å². The van der Waals surface area contributed by atoms with Gasteiger partial charge >= 0.3 is 58.4 Å². The third-order valence-corrected chi connectivity index (χ3v) is 2.76. The molecular formula is C14H13BF3KO. The second kappa shape index (κ2) is 7.66. The van der Waals surface area contributed by atoms with Crippen LogP contribution in [-0.4, -0.2) is 6.98 Å². The predicted molar refractivity (Wildman–Crippen MR) is 70.7 cm³/mol. The van der Waals surface area contributed by atoms with Gasteiger partial charge in [-0.05, 0) is 18.6 Å². The molecule has 0 saturated carbocycles. The van der Waals surface area contributed by atoms with Gasteiger partial charge in [0.1, 0.15) is 6.61 Å². The molecular weight excluding hydrogens is 291 g/mol. The number of ether oxygens (including phenoxy) is 1. The van der Waals surface area contributed by atoms with E-state index in [-0.39, 0.29) is 63.7 Å². The first-order chi connectivity index (χ1) is 8.97. The number of benzene rings is 2. The molecule has 0 aliphatic heterocycles. The van der Waals surface area contributed by atoms with Gasteiger partial charge in [0.25, 0.3) is 0 Å². The van der Waals surface area contributed by atoms with Gasteiger partial charge in [-0.2, -0.15) is 0 Å². The van der Waals surface area contributed by atoms with Crippen LogP contribution in [0.1, 0.15) is 11.1 Å². The molecule has 0 heterocycles. The molecule has 0 fully saturated rings. The van der Waals surface area contributed by atoms with E-state index in [9.17, 15) is 12.9 Å². The van der Waals surface area contributed by atoms with Gasteiger partial charge in [-0.1, -0.05) is 53.5 Å². The van der Waals surface area contributed by atoms with Gasteiger partial charge in [-0.3, -0.25) is 0 Å². The Morgan fingerprint density at radius 2 is 1.65 bits per heavy atom. The molecule has 0 N–H and O–H groups in total. The largest absolute Gasteiger partial charge is 1.00 e. The topological polar surface area (TPSA) is 9.23 Å². The summed E-state index contributed by atoms with van der Waals surface area (Å²) in [5.74, 6) is -0.109. The van der Waals surface area contributed by atoms with Crippen LogP contribution in [0, 0.1) is 6.92 Å². The summed E-state index contributed by atoms with van der Waals surface area (Å²) in [6.07, 6.45) is 0. The van der Waals surface area contributed by atoms with E-state index in [0.29, 0.717) is 5.56 Å². The van der Waals surface area contributed by atoms with E-state index < -0.39 is 12.4 Å². The maximum atomic E-state index is 12.9. The van der Waals surface area contributed by atoms with E-state index in [1.807, 2.05) is 30.3 Å². The zero-order valence-corrected chi connectivity index (χ0v) is 14.6. The second-order valence-electron chi connectivity index (χ2n) is 4.39. The number of aryl methyl sites for hydroxylation is 1. The van der Waals surface area contributed by atoms with Gasteiger partial charge in [0.15, 0.2) is 0 Å². The molecule has 0 spiro atoms. The maximum absolute atomic E-state index is 12.9. The van der Waals surface area contributed by atoms with Crippen LogP contribution in [0.2, 0.25) is 0 Å². The summed E-state index contributed by atoms with van der Waals surface area (Å²) < 4.78 is 44.1. The summed E-state index contributed by atoms with van der Waals surface area (Å²) in [7, 11) is 0. The fourth-order valence-corrected chi connectivity index (χ4v) is 1.79. The van der Waals surface area contributed by atoms with Crippen molar-refractivity contribution in [2.75, 3.05) is 0 Å². The first-order valence-electron chi connectivity index (χ1n) is 5.94. The van der Waals surface area contributed by atoms with Crippen molar-refractivity contribution in [3.8, 4) is 5.75 Å². The van der Waals surface area contributed by atoms with Gasteiger partial charge < -0.3 is 17.7 Å². The third kappa shape index (κ3) is 4.93. The van der Waals surface area contributed by atoms with Crippen molar-refractivity contribution in [1.82, 2.24) is 0 Å². The standard InChI is InChI=1S/C14H13BF3O.K/c1-11-7-8-14(13(9-11)15(16,17)18)19-10-12-5-3-2-4-6-12;/h2-9H,10H2,1H3;/q-1;+1. The van der Waals surface area contributed by atoms with Crippen molar-refractivity contribution in [2.24, 2.45) is 0 Å². The minimum absolute atomic E-state index is 0. The normalized spacial score (nSPS) is 10.8. The third-order valence-electron chi connectivity index (χ3n) is 2.76. The van der Waals surface area contributed by atoms with Gasteiger partial charge in [0, 0.05) is 0 Å². The Balaban J connectivity index is 0.00000200. The molecule has 0 unspecified atom stereocenters. The summed E-state index contributed by atoms with van der Waals surface area (Å²) in [6, 6.07) is 13.2. The molecule has 2 rings (SSSR count). The van der Waals surface area contributed by atoms with Crippen LogP contribution in [0.3, 0.4) is 0 Å². The Morgan fingerprint density at radius 1 is 1.00 bits per heavy atom. The Labute approximate surface area is 159 Å². The fourth-order valence-electron chi connectivity index (χ4n) is 1.79. The van der Waals surface area contributed by atoms with E-state index in [2.05, 4.69) is 0 Å². The number of rotatable bonds is 4. The Hall–Kier alpha value is -0.269. The quantitative estimate of drug-likeness (QED) is 0.753. The molecule has 0 aliphatic carbocycles. The molecule has 100 valence electrons. The van der Waals surface area contributed by atoms with Crippen molar-refractivity contribution >= 4 is 12.4 Å². The first-order valence-corrected chi connectivity index (χ1v) is 5.94. The summed E-state index contributed by atoms with van der Waals surface area (Å²) in [5, 5.41) is 0. The predicted octanol–water partition coefficient (Wildman–Crippen LogP) is 0.632. The van der Waals surface area contributed by atoms with Crippen LogP contribution in [0.15, 0.2) is 48.5 Å². The SMILES string of the molecule is Cc1ccc(OCc2ccccc2)c([B-](F)(F)F)c1.[K+]. The van der Waals surface area contributed by atoms with Crippen LogP contribution in [0.4, 0.5) is 12.9 Å². The second-order valence-corrected chi connectivity index (χ2v) is 4.39. The molecule has 6 heteroatoms. The molecule has 0 saturated heterocycles. The van der Waals surface area contributed by atoms with Gasteiger partial charge in [-0.25, -0.2) is 0 Å². The number of hydrogen-bond acceptors (Lipinski definition) is 1. The zero-order chi connectivity index (χ0) is 13.9. The minimum atomic E-state index is -5.07. The van der Waals surface area contributed by atoms with Gasteiger partial charge in [0.05, 0.1) is 5.75 Å². The van der Waals surface area contributed by atoms with Crippen molar-refractivity contribution in [3.05, 3.63) is 59.7 Å². The van der Waals surface area contributed by atoms with Crippen LogP contribution in [0.25, 0.3) is 0 Å². The van der Waals surface area contributed by atoms with Crippen LogP contribution >= 0.6 is 0 Å². The van der Waals surface area contributed by atoms with E-state index in [1.54, 1.807) is 13.0 Å². The minimum Gasteiger partial charge on any atom is -0.492 e. The van der Waals surface area contributed by atoms with Crippen LogP contribution < -0.4 is 61.6 Å². The van der Waals surface area contributed by atoms with Gasteiger partial charge in [-0.15, -0.1) is 0 Å². The zero-order valence-electron chi connectivity index (χ0n) is 11.4. The van der Waals surface area contributed by atoms with E-state index in [4.69, 9.17) is 4.74 Å². The smallest absolute Gasteiger partial charge is 0.492 e. The summed E-state index contributed by atoms with van der Waals surface area (Å²) in [4.78, 5) is 0. The van der Waals surface area contributed by atoms with Crippen LogP contribution in [0.5, 0.6) is 5.75 Å².